The monoisotopic (exact) mass is 367 g/mol. The van der Waals surface area contributed by atoms with E-state index in [1.54, 1.807) is 0 Å². The van der Waals surface area contributed by atoms with Crippen LogP contribution in [0.25, 0.3) is 0 Å². The summed E-state index contributed by atoms with van der Waals surface area (Å²) in [6, 6.07) is 0. The van der Waals surface area contributed by atoms with Crippen molar-refractivity contribution in [2.45, 2.75) is 63.3 Å². The van der Waals surface area contributed by atoms with E-state index < -0.39 is 42.9 Å². The summed E-state index contributed by atoms with van der Waals surface area (Å²) < 4.78 is 6.33. The molecule has 2 heterocycles. The Hall–Kier alpha value is -1.96. The molecule has 1 aromatic rings. The van der Waals surface area contributed by atoms with Crippen molar-refractivity contribution in [2.24, 2.45) is 0 Å². The highest BCUT2D eigenvalue weighted by Gasteiger charge is 2.44. The van der Waals surface area contributed by atoms with Gasteiger partial charge in [-0.3, -0.25) is 4.57 Å². The molecule has 9 nitrogen and oxygen atoms in total. The number of unbranched alkanes of at least 4 members (excludes halogenated alkanes) is 3. The van der Waals surface area contributed by atoms with E-state index in [2.05, 4.69) is 23.7 Å². The van der Waals surface area contributed by atoms with Gasteiger partial charge in [0.1, 0.15) is 30.2 Å². The van der Waals surface area contributed by atoms with Crippen LogP contribution in [0.3, 0.4) is 0 Å². The molecular weight excluding hydrogens is 342 g/mol. The Morgan fingerprint density at radius 1 is 1.27 bits per heavy atom. The van der Waals surface area contributed by atoms with Crippen molar-refractivity contribution >= 4 is 5.82 Å². The molecule has 1 fully saturated rings. The van der Waals surface area contributed by atoms with Crippen LogP contribution in [0.2, 0.25) is 0 Å². The molecule has 144 valence electrons. The highest BCUT2D eigenvalue weighted by molar-refractivity contribution is 5.48. The smallest absolute Gasteiger partial charge is 0.351 e. The second-order valence-electron chi connectivity index (χ2n) is 6.21. The number of hydrogen-bond donors (Lipinski definition) is 5. The van der Waals surface area contributed by atoms with Gasteiger partial charge in [-0.25, -0.2) is 4.79 Å². The van der Waals surface area contributed by atoms with Gasteiger partial charge in [0, 0.05) is 12.6 Å². The zero-order chi connectivity index (χ0) is 19.3. The first-order valence-corrected chi connectivity index (χ1v) is 8.58. The van der Waals surface area contributed by atoms with Gasteiger partial charge in [0.2, 0.25) is 0 Å². The van der Waals surface area contributed by atoms with Crippen molar-refractivity contribution in [1.29, 1.82) is 0 Å². The Morgan fingerprint density at radius 2 is 2.00 bits per heavy atom. The SMILES string of the molecule is CCCCCC#Cc1cn([C@@H]2O[C@H](CO)[C@@H](O)[C@H](O)[C@H]2O)c(=O)nc1N. The Bertz CT molecular complexity index is 723. The molecule has 0 amide bonds. The number of anilines is 1. The predicted octanol–water partition coefficient (Wildman–Crippen LogP) is -1.27. The predicted molar refractivity (Wildman–Crippen MR) is 92.9 cm³/mol. The van der Waals surface area contributed by atoms with Crippen LogP contribution in [-0.2, 0) is 4.74 Å². The maximum atomic E-state index is 12.2. The Kier molecular flexibility index (Phi) is 7.14. The van der Waals surface area contributed by atoms with Crippen molar-refractivity contribution in [3.63, 3.8) is 0 Å². The first-order valence-electron chi connectivity index (χ1n) is 8.58. The molecule has 0 radical (unpaired) electrons. The fourth-order valence-electron chi connectivity index (χ4n) is 2.69. The van der Waals surface area contributed by atoms with E-state index >= 15 is 0 Å². The molecule has 2 rings (SSSR count). The van der Waals surface area contributed by atoms with Gasteiger partial charge in [-0.2, -0.15) is 4.98 Å². The first kappa shape index (κ1) is 20.4. The van der Waals surface area contributed by atoms with Crippen LogP contribution in [0, 0.1) is 11.8 Å². The number of aliphatic hydroxyl groups excluding tert-OH is 4. The fourth-order valence-corrected chi connectivity index (χ4v) is 2.69. The zero-order valence-corrected chi connectivity index (χ0v) is 14.6. The number of nitrogens with zero attached hydrogens (tertiary/aromatic N) is 2. The first-order chi connectivity index (χ1) is 12.4. The molecule has 1 aliphatic rings. The summed E-state index contributed by atoms with van der Waals surface area (Å²) in [6.07, 6.45) is -2.13. The molecule has 0 aromatic carbocycles. The Balaban J connectivity index is 2.31. The van der Waals surface area contributed by atoms with Gasteiger partial charge in [0.05, 0.1) is 12.2 Å². The summed E-state index contributed by atoms with van der Waals surface area (Å²) in [7, 11) is 0. The van der Waals surface area contributed by atoms with Crippen LogP contribution < -0.4 is 11.4 Å². The molecular formula is C17H25N3O6. The number of rotatable bonds is 5. The van der Waals surface area contributed by atoms with E-state index in [1.165, 1.54) is 6.20 Å². The van der Waals surface area contributed by atoms with Crippen molar-refractivity contribution in [1.82, 2.24) is 9.55 Å². The van der Waals surface area contributed by atoms with E-state index in [4.69, 9.17) is 10.5 Å². The molecule has 1 aromatic heterocycles. The summed E-state index contributed by atoms with van der Waals surface area (Å²) in [5, 5.41) is 39.1. The largest absolute Gasteiger partial charge is 0.394 e. The summed E-state index contributed by atoms with van der Waals surface area (Å²) in [5.41, 5.74) is 5.23. The molecule has 0 bridgehead atoms. The highest BCUT2D eigenvalue weighted by atomic mass is 16.6. The van der Waals surface area contributed by atoms with Crippen LogP contribution in [0.15, 0.2) is 11.0 Å². The quantitative estimate of drug-likeness (QED) is 0.319. The Morgan fingerprint density at radius 3 is 2.65 bits per heavy atom. The topological polar surface area (TPSA) is 151 Å². The molecule has 5 atom stereocenters. The molecule has 26 heavy (non-hydrogen) atoms. The molecule has 0 spiro atoms. The van der Waals surface area contributed by atoms with Gasteiger partial charge in [-0.1, -0.05) is 31.6 Å². The van der Waals surface area contributed by atoms with Crippen LogP contribution in [0.1, 0.15) is 44.4 Å². The zero-order valence-electron chi connectivity index (χ0n) is 14.6. The highest BCUT2D eigenvalue weighted by Crippen LogP contribution is 2.27. The van der Waals surface area contributed by atoms with Crippen LogP contribution >= 0.6 is 0 Å². The number of aliphatic hydroxyl groups is 4. The third-order valence-corrected chi connectivity index (χ3v) is 4.25. The summed E-state index contributed by atoms with van der Waals surface area (Å²) in [5.74, 6) is 5.76. The third kappa shape index (κ3) is 4.41. The van der Waals surface area contributed by atoms with E-state index in [0.717, 1.165) is 23.8 Å². The Labute approximate surface area is 151 Å². The molecule has 1 saturated heterocycles. The van der Waals surface area contributed by atoms with Crippen LogP contribution in [0.4, 0.5) is 5.82 Å². The van der Waals surface area contributed by atoms with Crippen molar-refractivity contribution in [3.8, 4) is 11.8 Å². The fraction of sp³-hybridized carbons (Fsp3) is 0.647. The summed E-state index contributed by atoms with van der Waals surface area (Å²) >= 11 is 0. The third-order valence-electron chi connectivity index (χ3n) is 4.25. The number of nitrogen functional groups attached to an aromatic ring is 1. The molecule has 0 aliphatic carbocycles. The van der Waals surface area contributed by atoms with Crippen LogP contribution in [-0.4, -0.2) is 61.0 Å². The second-order valence-corrected chi connectivity index (χ2v) is 6.21. The molecule has 0 unspecified atom stereocenters. The lowest BCUT2D eigenvalue weighted by atomic mass is 9.98. The minimum absolute atomic E-state index is 0.0427. The number of nitrogens with two attached hydrogens (primary N) is 1. The van der Waals surface area contributed by atoms with E-state index in [-0.39, 0.29) is 11.4 Å². The molecule has 9 heteroatoms. The average Bonchev–Trinajstić information content (AvgIpc) is 2.62. The van der Waals surface area contributed by atoms with Gasteiger partial charge >= 0.3 is 5.69 Å². The lowest BCUT2D eigenvalue weighted by Crippen LogP contribution is -2.57. The van der Waals surface area contributed by atoms with Gasteiger partial charge in [0.15, 0.2) is 6.23 Å². The number of hydrogen-bond acceptors (Lipinski definition) is 8. The molecule has 0 saturated carbocycles. The lowest BCUT2D eigenvalue weighted by Gasteiger charge is -2.40. The van der Waals surface area contributed by atoms with Gasteiger partial charge < -0.3 is 30.9 Å². The normalized spacial score (nSPS) is 28.4. The molecule has 1 aliphatic heterocycles. The van der Waals surface area contributed by atoms with Gasteiger partial charge in [0.25, 0.3) is 0 Å². The minimum Gasteiger partial charge on any atom is -0.394 e. The van der Waals surface area contributed by atoms with Gasteiger partial charge in [-0.05, 0) is 6.42 Å². The van der Waals surface area contributed by atoms with E-state index in [0.29, 0.717) is 6.42 Å². The maximum Gasteiger partial charge on any atom is 0.351 e. The average molecular weight is 367 g/mol. The minimum atomic E-state index is -1.60. The number of ether oxygens (including phenoxy) is 1. The van der Waals surface area contributed by atoms with E-state index in [1.807, 2.05) is 0 Å². The van der Waals surface area contributed by atoms with Crippen molar-refractivity contribution in [2.75, 3.05) is 12.3 Å². The van der Waals surface area contributed by atoms with Gasteiger partial charge in [-0.15, -0.1) is 0 Å². The summed E-state index contributed by atoms with van der Waals surface area (Å²) in [6.45, 7) is 1.49. The van der Waals surface area contributed by atoms with Crippen LogP contribution in [0.5, 0.6) is 0 Å². The summed E-state index contributed by atoms with van der Waals surface area (Å²) in [4.78, 5) is 15.8. The second kappa shape index (κ2) is 9.12. The lowest BCUT2D eigenvalue weighted by molar-refractivity contribution is -0.252. The standard InChI is InChI=1S/C17H25N3O6/c1-2-3-4-5-6-7-10-8-20(17(25)19-15(10)18)16-14(24)13(23)12(22)11(9-21)26-16/h8,11-14,16,21-24H,2-5,9H2,1H3,(H2,18,19,25)/t11-,12-,13+,14-,16-/m1/s1. The molecule has 6 N–H and O–H groups in total. The number of aromatic nitrogens is 2. The maximum absolute atomic E-state index is 12.2. The van der Waals surface area contributed by atoms with E-state index in [9.17, 15) is 25.2 Å². The van der Waals surface area contributed by atoms with Crippen molar-refractivity contribution in [3.05, 3.63) is 22.2 Å². The van der Waals surface area contributed by atoms with Crippen molar-refractivity contribution < 1.29 is 25.2 Å².